The first kappa shape index (κ1) is 34.8. The van der Waals surface area contributed by atoms with Crippen LogP contribution in [0.15, 0.2) is 66.7 Å². The van der Waals surface area contributed by atoms with Crippen LogP contribution in [0.5, 0.6) is 0 Å². The predicted molar refractivity (Wildman–Crippen MR) is 163 cm³/mol. The van der Waals surface area contributed by atoms with Crippen LogP contribution in [0, 0.1) is 0 Å². The highest BCUT2D eigenvalue weighted by molar-refractivity contribution is 6.14. The summed E-state index contributed by atoms with van der Waals surface area (Å²) in [5.41, 5.74) is -0.120. The molecule has 2 aromatic carbocycles. The van der Waals surface area contributed by atoms with Gasteiger partial charge in [0.2, 0.25) is 0 Å². The van der Waals surface area contributed by atoms with E-state index < -0.39 is 23.9 Å². The fraction of sp³-hybridized carbons (Fsp3) is 0.500. The van der Waals surface area contributed by atoms with Gasteiger partial charge in [0.1, 0.15) is 0 Å². The Balaban J connectivity index is 1.82. The van der Waals surface area contributed by atoms with Gasteiger partial charge in [-0.15, -0.1) is 0 Å². The molecule has 0 aromatic heterocycles. The monoisotopic (exact) mass is 586 g/mol. The number of imide groups is 1. The van der Waals surface area contributed by atoms with Gasteiger partial charge in [0.15, 0.2) is 0 Å². The quantitative estimate of drug-likeness (QED) is 0.101. The largest absolute Gasteiger partial charge is 0.471 e. The topological polar surface area (TPSA) is 66.5 Å². The van der Waals surface area contributed by atoms with E-state index in [-0.39, 0.29) is 23.4 Å². The van der Waals surface area contributed by atoms with E-state index in [0.29, 0.717) is 17.7 Å². The Hall–Kier alpha value is -3.42. The minimum Gasteiger partial charge on any atom is -0.304 e. The number of hydrogen-bond acceptors (Lipinski definition) is 3. The van der Waals surface area contributed by atoms with Crippen LogP contribution in [-0.4, -0.2) is 30.4 Å². The summed E-state index contributed by atoms with van der Waals surface area (Å²) in [7, 11) is 0. The van der Waals surface area contributed by atoms with E-state index in [0.717, 1.165) is 38.5 Å². The Kier molecular flexibility index (Phi) is 16.3. The number of benzene rings is 2. The van der Waals surface area contributed by atoms with E-state index >= 15 is 0 Å². The lowest BCUT2D eigenvalue weighted by Crippen LogP contribution is -2.43. The smallest absolute Gasteiger partial charge is 0.304 e. The number of anilines is 1. The molecule has 0 aliphatic carbocycles. The van der Waals surface area contributed by atoms with Crippen molar-refractivity contribution in [3.63, 3.8) is 0 Å². The Morgan fingerprint density at radius 1 is 0.690 bits per heavy atom. The highest BCUT2D eigenvalue weighted by Crippen LogP contribution is 2.27. The molecule has 5 nitrogen and oxygen atoms in total. The minimum atomic E-state index is -5.11. The third-order valence-corrected chi connectivity index (χ3v) is 7.08. The summed E-state index contributed by atoms with van der Waals surface area (Å²) < 4.78 is 40.5. The van der Waals surface area contributed by atoms with Crippen molar-refractivity contribution in [2.75, 3.05) is 11.4 Å². The third kappa shape index (κ3) is 13.0. The maximum Gasteiger partial charge on any atom is 0.471 e. The van der Waals surface area contributed by atoms with Crippen LogP contribution in [0.1, 0.15) is 118 Å². The average molecular weight is 587 g/mol. The van der Waals surface area contributed by atoms with Crippen LogP contribution in [-0.2, 0) is 4.79 Å². The van der Waals surface area contributed by atoms with Crippen molar-refractivity contribution < 1.29 is 27.6 Å². The summed E-state index contributed by atoms with van der Waals surface area (Å²) in [4.78, 5) is 38.3. The third-order valence-electron chi connectivity index (χ3n) is 7.08. The summed E-state index contributed by atoms with van der Waals surface area (Å²) in [6, 6.07) is 13.6. The van der Waals surface area contributed by atoms with E-state index in [9.17, 15) is 27.6 Å². The van der Waals surface area contributed by atoms with E-state index in [2.05, 4.69) is 24.4 Å². The molecular formula is C34H45F3N2O3. The van der Waals surface area contributed by atoms with Crippen molar-refractivity contribution in [3.05, 3.63) is 77.9 Å². The number of para-hydroxylation sites is 1. The molecule has 230 valence electrons. The minimum absolute atomic E-state index is 0.175. The van der Waals surface area contributed by atoms with Gasteiger partial charge in [0, 0.05) is 12.1 Å². The van der Waals surface area contributed by atoms with Crippen LogP contribution in [0.4, 0.5) is 18.9 Å². The number of alkyl halides is 3. The molecule has 0 spiro atoms. The van der Waals surface area contributed by atoms with Gasteiger partial charge in [0.05, 0.1) is 11.3 Å². The number of carbonyl (C=O) groups excluding carboxylic acids is 3. The lowest BCUT2D eigenvalue weighted by Gasteiger charge is -2.26. The summed E-state index contributed by atoms with van der Waals surface area (Å²) in [6.07, 6.45) is 14.3. The fourth-order valence-electron chi connectivity index (χ4n) is 4.74. The van der Waals surface area contributed by atoms with Gasteiger partial charge in [-0.05, 0) is 56.4 Å². The van der Waals surface area contributed by atoms with E-state index in [1.54, 1.807) is 18.2 Å². The second-order valence-corrected chi connectivity index (χ2v) is 10.6. The number of rotatable bonds is 19. The van der Waals surface area contributed by atoms with Crippen molar-refractivity contribution in [1.29, 1.82) is 0 Å². The van der Waals surface area contributed by atoms with Gasteiger partial charge in [0.25, 0.3) is 11.8 Å². The Bertz CT molecular complexity index is 1120. The first-order valence-electron chi connectivity index (χ1n) is 15.3. The van der Waals surface area contributed by atoms with Crippen LogP contribution in [0.3, 0.4) is 0 Å². The van der Waals surface area contributed by atoms with E-state index in [1.807, 2.05) is 0 Å². The number of amides is 3. The first-order valence-corrected chi connectivity index (χ1v) is 15.3. The molecule has 0 saturated heterocycles. The highest BCUT2D eigenvalue weighted by atomic mass is 19.4. The van der Waals surface area contributed by atoms with Crippen molar-refractivity contribution in [2.45, 2.75) is 103 Å². The molecule has 2 aromatic rings. The normalized spacial score (nSPS) is 11.5. The van der Waals surface area contributed by atoms with Crippen LogP contribution in [0.25, 0.3) is 0 Å². The molecule has 0 saturated carbocycles. The van der Waals surface area contributed by atoms with Crippen molar-refractivity contribution in [3.8, 4) is 0 Å². The molecule has 2 rings (SSSR count). The van der Waals surface area contributed by atoms with Gasteiger partial charge in [-0.3, -0.25) is 19.7 Å². The molecular weight excluding hydrogens is 541 g/mol. The summed E-state index contributed by atoms with van der Waals surface area (Å²) in [6.45, 7) is 2.04. The SMILES string of the molecule is CCCCCCCCC=CCCCCCCCCN(C(=O)C(F)(F)F)c1ccccc1C(=O)NC(=O)c1ccccc1. The molecule has 0 aliphatic heterocycles. The lowest BCUT2D eigenvalue weighted by molar-refractivity contribution is -0.170. The molecule has 0 aliphatic rings. The molecule has 8 heteroatoms. The Labute approximate surface area is 248 Å². The van der Waals surface area contributed by atoms with Crippen molar-refractivity contribution in [1.82, 2.24) is 5.32 Å². The van der Waals surface area contributed by atoms with Gasteiger partial charge < -0.3 is 4.90 Å². The Morgan fingerprint density at radius 3 is 1.81 bits per heavy atom. The van der Waals surface area contributed by atoms with Crippen molar-refractivity contribution >= 4 is 23.4 Å². The average Bonchev–Trinajstić information content (AvgIpc) is 2.98. The standard InChI is InChI=1S/C34H45F3N2O3/c1-2-3-4-5-6-7-8-9-10-11-12-13-14-15-16-22-27-39(33(42)34(35,36)37)30-26-21-20-25-29(30)32(41)38-31(40)28-23-18-17-19-24-28/h9-10,17-21,23-26H,2-8,11-16,22,27H2,1H3,(H,38,40,41). The molecule has 0 heterocycles. The number of carbonyl (C=O) groups is 3. The van der Waals surface area contributed by atoms with Crippen LogP contribution in [0.2, 0.25) is 0 Å². The summed E-state index contributed by atoms with van der Waals surface area (Å²) >= 11 is 0. The zero-order valence-electron chi connectivity index (χ0n) is 24.8. The van der Waals surface area contributed by atoms with Gasteiger partial charge in [-0.25, -0.2) is 0 Å². The second kappa shape index (κ2) is 19.7. The zero-order chi connectivity index (χ0) is 30.6. The predicted octanol–water partition coefficient (Wildman–Crippen LogP) is 9.19. The lowest BCUT2D eigenvalue weighted by atomic mass is 10.1. The maximum atomic E-state index is 13.5. The van der Waals surface area contributed by atoms with Gasteiger partial charge in [-0.2, -0.15) is 13.2 Å². The molecule has 0 fully saturated rings. The van der Waals surface area contributed by atoms with E-state index in [4.69, 9.17) is 0 Å². The molecule has 42 heavy (non-hydrogen) atoms. The molecule has 1 N–H and O–H groups in total. The highest BCUT2D eigenvalue weighted by Gasteiger charge is 2.43. The van der Waals surface area contributed by atoms with E-state index in [1.165, 1.54) is 74.9 Å². The van der Waals surface area contributed by atoms with Crippen molar-refractivity contribution in [2.24, 2.45) is 0 Å². The molecule has 0 radical (unpaired) electrons. The molecule has 3 amide bonds. The number of nitrogens with zero attached hydrogens (tertiary/aromatic N) is 1. The summed E-state index contributed by atoms with van der Waals surface area (Å²) in [5.74, 6) is -3.59. The molecule has 0 unspecified atom stereocenters. The number of hydrogen-bond donors (Lipinski definition) is 1. The Morgan fingerprint density at radius 2 is 1.21 bits per heavy atom. The van der Waals surface area contributed by atoms with Crippen LogP contribution >= 0.6 is 0 Å². The number of halogens is 3. The maximum absolute atomic E-state index is 13.5. The molecule has 0 atom stereocenters. The van der Waals surface area contributed by atoms with Gasteiger partial charge in [-0.1, -0.05) is 107 Å². The second-order valence-electron chi connectivity index (χ2n) is 10.6. The van der Waals surface area contributed by atoms with Crippen LogP contribution < -0.4 is 10.2 Å². The number of allylic oxidation sites excluding steroid dienone is 2. The fourth-order valence-corrected chi connectivity index (χ4v) is 4.74. The number of unbranched alkanes of at least 4 members (excludes halogenated alkanes) is 12. The zero-order valence-corrected chi connectivity index (χ0v) is 24.8. The molecule has 0 bridgehead atoms. The first-order chi connectivity index (χ1) is 20.3. The number of nitrogens with one attached hydrogen (secondary N) is 1. The van der Waals surface area contributed by atoms with Gasteiger partial charge >= 0.3 is 12.1 Å². The summed E-state index contributed by atoms with van der Waals surface area (Å²) in [5, 5.41) is 2.21.